The molecule has 1 fully saturated rings. The highest BCUT2D eigenvalue weighted by Crippen LogP contribution is 2.33. The van der Waals surface area contributed by atoms with E-state index in [9.17, 15) is 22.8 Å². The maximum Gasteiger partial charge on any atom is 0.493 e. The van der Waals surface area contributed by atoms with Crippen molar-refractivity contribution in [1.82, 2.24) is 25.2 Å². The summed E-state index contributed by atoms with van der Waals surface area (Å²) in [6, 6.07) is 1.19. The number of aromatic amines is 1. The normalized spacial score (nSPS) is 17.4. The van der Waals surface area contributed by atoms with Gasteiger partial charge in [0.1, 0.15) is 4.70 Å². The Morgan fingerprint density at radius 3 is 2.82 bits per heavy atom. The van der Waals surface area contributed by atoms with Gasteiger partial charge in [0.05, 0.1) is 17.8 Å². The first-order valence-electron chi connectivity index (χ1n) is 8.35. The molecule has 1 saturated heterocycles. The van der Waals surface area contributed by atoms with Gasteiger partial charge in [0.2, 0.25) is 0 Å². The van der Waals surface area contributed by atoms with Crippen LogP contribution in [0, 0.1) is 6.92 Å². The van der Waals surface area contributed by atoms with Gasteiger partial charge in [0, 0.05) is 16.1 Å². The van der Waals surface area contributed by atoms with Crippen molar-refractivity contribution in [2.24, 2.45) is 0 Å². The SMILES string of the molecule is Cc1[nH]ncc1-c1cc2nc([C@H]3CCCN3)n(OC(=O)C(F)(F)F)c(=O)c2s1. The molecule has 0 bridgehead atoms. The topological polar surface area (TPSA) is 102 Å². The quantitative estimate of drug-likeness (QED) is 0.682. The molecule has 0 saturated carbocycles. The number of nitrogens with one attached hydrogen (secondary N) is 2. The fourth-order valence-corrected chi connectivity index (χ4v) is 4.15. The molecule has 4 heterocycles. The zero-order valence-electron chi connectivity index (χ0n) is 14.5. The molecule has 12 heteroatoms. The molecule has 1 atom stereocenters. The van der Waals surface area contributed by atoms with E-state index in [1.165, 1.54) is 0 Å². The molecule has 3 aromatic rings. The zero-order valence-corrected chi connectivity index (χ0v) is 15.3. The zero-order chi connectivity index (χ0) is 20.1. The highest BCUT2D eigenvalue weighted by atomic mass is 32.1. The number of carbonyl (C=O) groups excluding carboxylic acids is 1. The van der Waals surface area contributed by atoms with Crippen LogP contribution in [0.25, 0.3) is 20.7 Å². The highest BCUT2D eigenvalue weighted by Gasteiger charge is 2.43. The number of thiophene rings is 1. The van der Waals surface area contributed by atoms with Gasteiger partial charge >= 0.3 is 17.7 Å². The van der Waals surface area contributed by atoms with E-state index in [2.05, 4.69) is 25.3 Å². The number of hydrogen-bond donors (Lipinski definition) is 2. The van der Waals surface area contributed by atoms with Gasteiger partial charge < -0.3 is 10.2 Å². The summed E-state index contributed by atoms with van der Waals surface area (Å²) in [6.45, 7) is 2.42. The van der Waals surface area contributed by atoms with Gasteiger partial charge in [-0.15, -0.1) is 16.1 Å². The van der Waals surface area contributed by atoms with Crippen molar-refractivity contribution in [3.63, 3.8) is 0 Å². The minimum atomic E-state index is -5.23. The third kappa shape index (κ3) is 3.18. The third-order valence-electron chi connectivity index (χ3n) is 4.41. The van der Waals surface area contributed by atoms with Gasteiger partial charge in [-0.25, -0.2) is 9.78 Å². The first-order chi connectivity index (χ1) is 13.3. The Morgan fingerprint density at radius 2 is 2.21 bits per heavy atom. The Morgan fingerprint density at radius 1 is 1.43 bits per heavy atom. The summed E-state index contributed by atoms with van der Waals surface area (Å²) in [4.78, 5) is 33.7. The van der Waals surface area contributed by atoms with Crippen molar-refractivity contribution < 1.29 is 22.8 Å². The second kappa shape index (κ2) is 6.71. The van der Waals surface area contributed by atoms with Crippen molar-refractivity contribution in [3.05, 3.63) is 34.1 Å². The molecule has 4 rings (SSSR count). The Hall–Kier alpha value is -2.73. The van der Waals surface area contributed by atoms with E-state index in [4.69, 9.17) is 0 Å². The lowest BCUT2D eigenvalue weighted by Gasteiger charge is -2.16. The largest absolute Gasteiger partial charge is 0.493 e. The number of aromatic nitrogens is 4. The number of carbonyl (C=O) groups is 1. The average molecular weight is 413 g/mol. The molecule has 28 heavy (non-hydrogen) atoms. The number of alkyl halides is 3. The molecule has 1 aliphatic rings. The molecular formula is C16H14F3N5O3S. The maximum absolute atomic E-state index is 12.9. The Labute approximate surface area is 159 Å². The summed E-state index contributed by atoms with van der Waals surface area (Å²) in [5, 5.41) is 9.77. The van der Waals surface area contributed by atoms with Gasteiger partial charge in [0.15, 0.2) is 5.82 Å². The molecule has 3 aromatic heterocycles. The minimum Gasteiger partial charge on any atom is -0.323 e. The van der Waals surface area contributed by atoms with Crippen LogP contribution in [0.5, 0.6) is 0 Å². The van der Waals surface area contributed by atoms with E-state index < -0.39 is 23.7 Å². The van der Waals surface area contributed by atoms with Crippen LogP contribution in [0.4, 0.5) is 13.2 Å². The fourth-order valence-electron chi connectivity index (χ4n) is 3.06. The Kier molecular flexibility index (Phi) is 4.46. The first-order valence-corrected chi connectivity index (χ1v) is 9.17. The van der Waals surface area contributed by atoms with Gasteiger partial charge in [-0.3, -0.25) is 9.89 Å². The summed E-state index contributed by atoms with van der Waals surface area (Å²) in [7, 11) is 0. The lowest BCUT2D eigenvalue weighted by Crippen LogP contribution is -2.41. The molecule has 1 aliphatic heterocycles. The predicted octanol–water partition coefficient (Wildman–Crippen LogP) is 2.10. The molecule has 148 valence electrons. The second-order valence-electron chi connectivity index (χ2n) is 6.33. The maximum atomic E-state index is 12.9. The molecule has 0 spiro atoms. The molecule has 0 unspecified atom stereocenters. The lowest BCUT2D eigenvalue weighted by atomic mass is 10.2. The van der Waals surface area contributed by atoms with Crippen LogP contribution in [-0.4, -0.2) is 38.6 Å². The van der Waals surface area contributed by atoms with Gasteiger partial charge in [-0.2, -0.15) is 18.3 Å². The van der Waals surface area contributed by atoms with Crippen molar-refractivity contribution in [2.45, 2.75) is 32.0 Å². The fraction of sp³-hybridized carbons (Fsp3) is 0.375. The summed E-state index contributed by atoms with van der Waals surface area (Å²) in [5.41, 5.74) is 0.993. The van der Waals surface area contributed by atoms with Crippen molar-refractivity contribution in [3.8, 4) is 10.4 Å². The van der Waals surface area contributed by atoms with Crippen LogP contribution in [-0.2, 0) is 4.79 Å². The van der Waals surface area contributed by atoms with Crippen molar-refractivity contribution in [2.75, 3.05) is 6.54 Å². The summed E-state index contributed by atoms with van der Waals surface area (Å²) >= 11 is 1.05. The summed E-state index contributed by atoms with van der Waals surface area (Å²) in [5.74, 6) is -2.53. The molecule has 8 nitrogen and oxygen atoms in total. The number of nitrogens with zero attached hydrogens (tertiary/aromatic N) is 3. The van der Waals surface area contributed by atoms with E-state index in [1.807, 2.05) is 0 Å². The minimum absolute atomic E-state index is 0.0548. The molecule has 0 amide bonds. The van der Waals surface area contributed by atoms with Crippen LogP contribution >= 0.6 is 11.3 Å². The van der Waals surface area contributed by atoms with Gasteiger partial charge in [0.25, 0.3) is 0 Å². The number of aryl methyl sites for hydroxylation is 1. The molecular weight excluding hydrogens is 399 g/mol. The monoisotopic (exact) mass is 413 g/mol. The Bertz CT molecular complexity index is 1110. The lowest BCUT2D eigenvalue weighted by molar-refractivity contribution is -0.200. The van der Waals surface area contributed by atoms with Crippen molar-refractivity contribution >= 4 is 27.5 Å². The smallest absolute Gasteiger partial charge is 0.323 e. The van der Waals surface area contributed by atoms with E-state index >= 15 is 0 Å². The molecule has 2 N–H and O–H groups in total. The molecule has 0 aromatic carbocycles. The van der Waals surface area contributed by atoms with Crippen LogP contribution < -0.4 is 15.7 Å². The number of hydrogen-bond acceptors (Lipinski definition) is 7. The van der Waals surface area contributed by atoms with Crippen LogP contribution in [0.2, 0.25) is 0 Å². The first kappa shape index (κ1) is 18.6. The van der Waals surface area contributed by atoms with Crippen LogP contribution in [0.3, 0.4) is 0 Å². The Balaban J connectivity index is 1.88. The highest BCUT2D eigenvalue weighted by molar-refractivity contribution is 7.22. The number of H-pyrrole nitrogens is 1. The van der Waals surface area contributed by atoms with E-state index in [1.54, 1.807) is 19.2 Å². The average Bonchev–Trinajstić information content (AvgIpc) is 3.35. The standard InChI is InChI=1S/C16H14F3N5O3S/c1-7-8(6-21-23-7)11-5-10-12(28-11)14(25)24(27-15(26)16(17,18)19)13(22-10)9-3-2-4-20-9/h5-6,9,20H,2-4H2,1H3,(H,21,23)/t9-/m1/s1. The van der Waals surface area contributed by atoms with Crippen LogP contribution in [0.1, 0.15) is 30.4 Å². The van der Waals surface area contributed by atoms with E-state index in [0.29, 0.717) is 28.1 Å². The summed E-state index contributed by atoms with van der Waals surface area (Å²) in [6.07, 6.45) is -2.33. The number of halogens is 3. The second-order valence-corrected chi connectivity index (χ2v) is 7.38. The van der Waals surface area contributed by atoms with Crippen molar-refractivity contribution in [1.29, 1.82) is 0 Å². The predicted molar refractivity (Wildman–Crippen MR) is 93.8 cm³/mol. The van der Waals surface area contributed by atoms with Gasteiger partial charge in [-0.05, 0) is 32.4 Å². The molecule has 0 radical (unpaired) electrons. The van der Waals surface area contributed by atoms with Crippen LogP contribution in [0.15, 0.2) is 17.1 Å². The number of fused-ring (bicyclic) bond motifs is 1. The van der Waals surface area contributed by atoms with Gasteiger partial charge in [-0.1, -0.05) is 0 Å². The van der Waals surface area contributed by atoms with E-state index in [0.717, 1.165) is 29.0 Å². The molecule has 0 aliphatic carbocycles. The van der Waals surface area contributed by atoms with E-state index in [-0.39, 0.29) is 10.5 Å². The summed E-state index contributed by atoms with van der Waals surface area (Å²) < 4.78 is 38.5. The third-order valence-corrected chi connectivity index (χ3v) is 5.55. The number of rotatable bonds is 3.